The van der Waals surface area contributed by atoms with E-state index in [-0.39, 0.29) is 29.1 Å². The van der Waals surface area contributed by atoms with Crippen molar-refractivity contribution < 1.29 is 23.4 Å². The Kier molecular flexibility index (Phi) is 5.70. The summed E-state index contributed by atoms with van der Waals surface area (Å²) in [5.74, 6) is -3.51. The fourth-order valence-corrected chi connectivity index (χ4v) is 2.70. The lowest BCUT2D eigenvalue weighted by atomic mass is 9.77. The minimum atomic E-state index is -3.31. The fraction of sp³-hybridized carbons (Fsp3) is 0.611. The van der Waals surface area contributed by atoms with Crippen LogP contribution in [0.15, 0.2) is 12.1 Å². The first-order valence-corrected chi connectivity index (χ1v) is 7.92. The van der Waals surface area contributed by atoms with Gasteiger partial charge in [0.1, 0.15) is 11.8 Å². The molecule has 1 amide bonds. The number of alkyl halides is 2. The number of hydrogen-bond donors (Lipinski definition) is 2. The lowest BCUT2D eigenvalue weighted by molar-refractivity contribution is -0.104. The molecule has 0 unspecified atom stereocenters. The van der Waals surface area contributed by atoms with E-state index in [9.17, 15) is 18.7 Å². The summed E-state index contributed by atoms with van der Waals surface area (Å²) in [5.41, 5.74) is 0.671. The van der Waals surface area contributed by atoms with E-state index in [0.29, 0.717) is 5.56 Å². The molecule has 25 heavy (non-hydrogen) atoms. The Morgan fingerprint density at radius 1 is 1.16 bits per heavy atom. The highest BCUT2D eigenvalue weighted by Gasteiger charge is 2.48. The molecule has 1 heterocycles. The van der Waals surface area contributed by atoms with Gasteiger partial charge in [0.2, 0.25) is 0 Å². The quantitative estimate of drug-likeness (QED) is 0.737. The summed E-state index contributed by atoms with van der Waals surface area (Å²) in [4.78, 5) is 11.5. The van der Waals surface area contributed by atoms with Crippen molar-refractivity contribution in [2.45, 2.75) is 64.3 Å². The predicted octanol–water partition coefficient (Wildman–Crippen LogP) is 4.83. The molecule has 142 valence electrons. The number of alkyl carbamates (subject to hydrolysis) is 1. The topological polar surface area (TPSA) is 58.6 Å². The molecule has 1 aromatic carbocycles. The maximum atomic E-state index is 14.3. The average molecular weight is 378 g/mol. The molecule has 0 aliphatic carbocycles. The van der Waals surface area contributed by atoms with Crippen molar-refractivity contribution >= 4 is 18.5 Å². The normalized spacial score (nSPS) is 20.3. The van der Waals surface area contributed by atoms with E-state index in [1.54, 1.807) is 6.07 Å². The molecule has 0 radical (unpaired) electrons. The molecule has 4 nitrogen and oxygen atoms in total. The molecular weight excluding hydrogens is 352 g/mol. The van der Waals surface area contributed by atoms with Gasteiger partial charge in [-0.2, -0.15) is 0 Å². The number of cyclic esters (lactones) is 1. The van der Waals surface area contributed by atoms with Gasteiger partial charge >= 0.3 is 12.0 Å². The van der Waals surface area contributed by atoms with Gasteiger partial charge in [-0.05, 0) is 28.0 Å². The Balaban J connectivity index is 0.00000312. The minimum Gasteiger partial charge on any atom is -0.507 e. The summed E-state index contributed by atoms with van der Waals surface area (Å²) in [7, 11) is 0. The number of amides is 1. The molecule has 1 aromatic rings. The molecule has 2 rings (SSSR count). The summed E-state index contributed by atoms with van der Waals surface area (Å²) in [6.07, 6.45) is -0.913. The molecule has 0 bridgehead atoms. The third-order valence-corrected chi connectivity index (χ3v) is 4.20. The summed E-state index contributed by atoms with van der Waals surface area (Å²) in [6.45, 7) is 10.6. The second-order valence-electron chi connectivity index (χ2n) is 8.38. The van der Waals surface area contributed by atoms with E-state index < -0.39 is 30.1 Å². The minimum absolute atomic E-state index is 0. The lowest BCUT2D eigenvalue weighted by Crippen LogP contribution is -2.49. The summed E-state index contributed by atoms with van der Waals surface area (Å²) in [6, 6.07) is 1.77. The van der Waals surface area contributed by atoms with Gasteiger partial charge in [-0.3, -0.25) is 0 Å². The van der Waals surface area contributed by atoms with Gasteiger partial charge < -0.3 is 15.2 Å². The number of phenolic OH excluding ortho intramolecular Hbond substituents is 1. The molecule has 0 spiro atoms. The number of nitrogens with one attached hydrogen (secondary N) is 1. The van der Waals surface area contributed by atoms with Crippen molar-refractivity contribution in [2.75, 3.05) is 6.61 Å². The summed E-state index contributed by atoms with van der Waals surface area (Å²) < 4.78 is 33.0. The number of ether oxygens (including phenoxy) is 1. The van der Waals surface area contributed by atoms with Gasteiger partial charge in [0.05, 0.1) is 0 Å². The van der Waals surface area contributed by atoms with Crippen LogP contribution < -0.4 is 5.32 Å². The number of phenols is 1. The maximum absolute atomic E-state index is 14.3. The maximum Gasteiger partial charge on any atom is 0.408 e. The third kappa shape index (κ3) is 4.35. The zero-order chi connectivity index (χ0) is 18.5. The first kappa shape index (κ1) is 21.5. The van der Waals surface area contributed by atoms with E-state index in [1.165, 1.54) is 0 Å². The van der Waals surface area contributed by atoms with E-state index in [4.69, 9.17) is 0 Å². The second kappa shape index (κ2) is 6.63. The Hall–Kier alpha value is -1.56. The van der Waals surface area contributed by atoms with Crippen LogP contribution in [0, 0.1) is 0 Å². The monoisotopic (exact) mass is 377 g/mol. The van der Waals surface area contributed by atoms with Gasteiger partial charge in [0.25, 0.3) is 0 Å². The molecule has 0 aromatic heterocycles. The van der Waals surface area contributed by atoms with Crippen LogP contribution in [0.4, 0.5) is 13.6 Å². The van der Waals surface area contributed by atoms with E-state index in [1.807, 2.05) is 47.6 Å². The average Bonchev–Trinajstić information content (AvgIpc) is 2.39. The van der Waals surface area contributed by atoms with Crippen LogP contribution in [-0.2, 0) is 15.6 Å². The number of carbonyl (C=O) groups is 1. The molecule has 1 saturated heterocycles. The molecule has 0 saturated carbocycles. The van der Waals surface area contributed by atoms with Crippen molar-refractivity contribution in [1.82, 2.24) is 5.32 Å². The van der Waals surface area contributed by atoms with E-state index in [2.05, 4.69) is 10.1 Å². The van der Waals surface area contributed by atoms with Crippen molar-refractivity contribution in [1.29, 1.82) is 0 Å². The molecular formula is C18H26ClF2NO3. The summed E-state index contributed by atoms with van der Waals surface area (Å²) in [5, 5.41) is 12.8. The van der Waals surface area contributed by atoms with Gasteiger partial charge in [-0.25, -0.2) is 13.6 Å². The molecule has 2 N–H and O–H groups in total. The molecule has 7 heteroatoms. The molecule has 1 fully saturated rings. The SMILES string of the molecule is CC(C)(C)c1cc([C@H]2NC(=O)OCC2(F)F)c(O)c(C(C)(C)C)c1.Cl. The Morgan fingerprint density at radius 2 is 1.72 bits per heavy atom. The largest absolute Gasteiger partial charge is 0.507 e. The Bertz CT molecular complexity index is 664. The van der Waals surface area contributed by atoms with Crippen LogP contribution in [0.25, 0.3) is 0 Å². The smallest absolute Gasteiger partial charge is 0.408 e. The Morgan fingerprint density at radius 3 is 2.20 bits per heavy atom. The van der Waals surface area contributed by atoms with Gasteiger partial charge in [-0.1, -0.05) is 47.6 Å². The van der Waals surface area contributed by atoms with Crippen molar-refractivity contribution in [3.05, 3.63) is 28.8 Å². The molecule has 1 aliphatic rings. The van der Waals surface area contributed by atoms with Gasteiger partial charge in [0.15, 0.2) is 6.61 Å². The van der Waals surface area contributed by atoms with Crippen LogP contribution in [0.2, 0.25) is 0 Å². The third-order valence-electron chi connectivity index (χ3n) is 4.20. The lowest BCUT2D eigenvalue weighted by Gasteiger charge is -2.35. The standard InChI is InChI=1S/C18H25F2NO3.ClH/c1-16(2,3)10-7-11(13(22)12(8-10)17(4,5)6)14-18(19,20)9-24-15(23)21-14;/h7-8,14,22H,9H2,1-6H3,(H,21,23);1H/t14-;/m1./s1. The fourth-order valence-electron chi connectivity index (χ4n) is 2.70. The Labute approximate surface area is 153 Å². The zero-order valence-corrected chi connectivity index (χ0v) is 16.2. The number of halogens is 3. The number of rotatable bonds is 1. The van der Waals surface area contributed by atoms with Gasteiger partial charge in [0, 0.05) is 5.56 Å². The van der Waals surface area contributed by atoms with Crippen LogP contribution in [0.1, 0.15) is 64.3 Å². The molecule has 1 atom stereocenters. The second-order valence-corrected chi connectivity index (χ2v) is 8.38. The highest BCUT2D eigenvalue weighted by atomic mass is 35.5. The number of aromatic hydroxyl groups is 1. The van der Waals surface area contributed by atoms with Gasteiger partial charge in [-0.15, -0.1) is 12.4 Å². The van der Waals surface area contributed by atoms with Crippen molar-refractivity contribution in [3.8, 4) is 5.75 Å². The van der Waals surface area contributed by atoms with Crippen LogP contribution in [0.3, 0.4) is 0 Å². The molecule has 1 aliphatic heterocycles. The van der Waals surface area contributed by atoms with Crippen molar-refractivity contribution in [3.63, 3.8) is 0 Å². The number of carbonyl (C=O) groups excluding carboxylic acids is 1. The van der Waals surface area contributed by atoms with Crippen LogP contribution in [-0.4, -0.2) is 23.7 Å². The summed E-state index contributed by atoms with van der Waals surface area (Å²) >= 11 is 0. The highest BCUT2D eigenvalue weighted by molar-refractivity contribution is 5.85. The highest BCUT2D eigenvalue weighted by Crippen LogP contribution is 2.44. The predicted molar refractivity (Wildman–Crippen MR) is 94.9 cm³/mol. The first-order chi connectivity index (χ1) is 10.7. The van der Waals surface area contributed by atoms with Crippen LogP contribution in [0.5, 0.6) is 5.75 Å². The number of benzene rings is 1. The first-order valence-electron chi connectivity index (χ1n) is 7.92. The zero-order valence-electron chi connectivity index (χ0n) is 15.4. The van der Waals surface area contributed by atoms with Crippen LogP contribution >= 0.6 is 12.4 Å². The van der Waals surface area contributed by atoms with E-state index >= 15 is 0 Å². The number of hydrogen-bond acceptors (Lipinski definition) is 3. The van der Waals surface area contributed by atoms with Crippen molar-refractivity contribution in [2.24, 2.45) is 0 Å². The van der Waals surface area contributed by atoms with E-state index in [0.717, 1.165) is 5.56 Å².